The summed E-state index contributed by atoms with van der Waals surface area (Å²) < 4.78 is 0. The van der Waals surface area contributed by atoms with Gasteiger partial charge in [-0.05, 0) is 39.3 Å². The molecule has 1 saturated heterocycles. The van der Waals surface area contributed by atoms with Crippen LogP contribution in [0.15, 0.2) is 0 Å². The van der Waals surface area contributed by atoms with Crippen molar-refractivity contribution in [2.45, 2.75) is 58.4 Å². The van der Waals surface area contributed by atoms with Gasteiger partial charge in [0.05, 0.1) is 5.92 Å². The highest BCUT2D eigenvalue weighted by Gasteiger charge is 2.28. The number of nitrogens with zero attached hydrogens (tertiary/aromatic N) is 1. The smallest absolute Gasteiger partial charge is 0.306 e. The second kappa shape index (κ2) is 6.89. The molecule has 2 atom stereocenters. The highest BCUT2D eigenvalue weighted by molar-refractivity contribution is 5.70. The van der Waals surface area contributed by atoms with Gasteiger partial charge in [0.1, 0.15) is 0 Å². The van der Waals surface area contributed by atoms with Crippen molar-refractivity contribution in [2.75, 3.05) is 13.1 Å². The zero-order valence-electron chi connectivity index (χ0n) is 10.6. The standard InChI is InChI=1S/C13H25NO2/c1-3-4-5-6-8-14-9-7-12(13(15)16)10-11(14)2/h11-12H,3-10H2,1-2H3,(H,15,16). The van der Waals surface area contributed by atoms with E-state index in [1.807, 2.05) is 0 Å². The third kappa shape index (κ3) is 4.12. The van der Waals surface area contributed by atoms with Gasteiger partial charge in [0.15, 0.2) is 0 Å². The van der Waals surface area contributed by atoms with E-state index >= 15 is 0 Å². The Balaban J connectivity index is 2.22. The normalized spacial score (nSPS) is 26.9. The summed E-state index contributed by atoms with van der Waals surface area (Å²) >= 11 is 0. The molecule has 3 heteroatoms. The zero-order valence-corrected chi connectivity index (χ0v) is 10.6. The van der Waals surface area contributed by atoms with E-state index in [9.17, 15) is 4.79 Å². The molecule has 1 aliphatic heterocycles. The van der Waals surface area contributed by atoms with E-state index in [-0.39, 0.29) is 5.92 Å². The van der Waals surface area contributed by atoms with Crippen LogP contribution in [0.3, 0.4) is 0 Å². The van der Waals surface area contributed by atoms with E-state index in [1.165, 1.54) is 25.7 Å². The minimum atomic E-state index is -0.613. The second-order valence-electron chi connectivity index (χ2n) is 5.01. The molecule has 0 spiro atoms. The number of carboxylic acids is 1. The van der Waals surface area contributed by atoms with Gasteiger partial charge in [-0.3, -0.25) is 4.79 Å². The number of likely N-dealkylation sites (tertiary alicyclic amines) is 1. The van der Waals surface area contributed by atoms with Crippen LogP contribution in [-0.4, -0.2) is 35.1 Å². The SMILES string of the molecule is CCCCCCN1CCC(C(=O)O)CC1C. The maximum Gasteiger partial charge on any atom is 0.306 e. The lowest BCUT2D eigenvalue weighted by Crippen LogP contribution is -2.43. The van der Waals surface area contributed by atoms with Crippen LogP contribution in [0, 0.1) is 5.92 Å². The Morgan fingerprint density at radius 1 is 1.38 bits per heavy atom. The third-order valence-electron chi connectivity index (χ3n) is 3.66. The molecule has 1 rings (SSSR count). The van der Waals surface area contributed by atoms with Crippen molar-refractivity contribution < 1.29 is 9.90 Å². The Hall–Kier alpha value is -0.570. The summed E-state index contributed by atoms with van der Waals surface area (Å²) in [6.45, 7) is 6.49. The van der Waals surface area contributed by atoms with Crippen molar-refractivity contribution in [3.8, 4) is 0 Å². The van der Waals surface area contributed by atoms with E-state index in [0.717, 1.165) is 25.9 Å². The van der Waals surface area contributed by atoms with E-state index in [0.29, 0.717) is 6.04 Å². The molecule has 0 aromatic rings. The fraction of sp³-hybridized carbons (Fsp3) is 0.923. The Bertz CT molecular complexity index is 218. The Morgan fingerprint density at radius 3 is 2.69 bits per heavy atom. The lowest BCUT2D eigenvalue weighted by Gasteiger charge is -2.36. The minimum absolute atomic E-state index is 0.109. The molecular formula is C13H25NO2. The van der Waals surface area contributed by atoms with Gasteiger partial charge in [0.2, 0.25) is 0 Å². The van der Waals surface area contributed by atoms with Crippen LogP contribution in [0.25, 0.3) is 0 Å². The molecular weight excluding hydrogens is 202 g/mol. The fourth-order valence-electron chi connectivity index (χ4n) is 2.52. The lowest BCUT2D eigenvalue weighted by molar-refractivity contribution is -0.144. The highest BCUT2D eigenvalue weighted by atomic mass is 16.4. The first kappa shape index (κ1) is 13.5. The average molecular weight is 227 g/mol. The first-order chi connectivity index (χ1) is 7.65. The molecule has 0 amide bonds. The molecule has 1 aliphatic rings. The fourth-order valence-corrected chi connectivity index (χ4v) is 2.52. The highest BCUT2D eigenvalue weighted by Crippen LogP contribution is 2.23. The van der Waals surface area contributed by atoms with Crippen molar-refractivity contribution >= 4 is 5.97 Å². The average Bonchev–Trinajstić information content (AvgIpc) is 2.26. The molecule has 0 aromatic carbocycles. The largest absolute Gasteiger partial charge is 0.481 e. The summed E-state index contributed by atoms with van der Waals surface area (Å²) in [6, 6.07) is 0.441. The maximum atomic E-state index is 10.9. The summed E-state index contributed by atoms with van der Waals surface area (Å²) in [5.74, 6) is -0.723. The number of hydrogen-bond acceptors (Lipinski definition) is 2. The molecule has 94 valence electrons. The van der Waals surface area contributed by atoms with Gasteiger partial charge >= 0.3 is 5.97 Å². The number of carbonyl (C=O) groups is 1. The van der Waals surface area contributed by atoms with Gasteiger partial charge in [-0.2, -0.15) is 0 Å². The number of unbranched alkanes of at least 4 members (excludes halogenated alkanes) is 3. The van der Waals surface area contributed by atoms with E-state index in [2.05, 4.69) is 18.7 Å². The van der Waals surface area contributed by atoms with E-state index in [4.69, 9.17) is 5.11 Å². The molecule has 2 unspecified atom stereocenters. The minimum Gasteiger partial charge on any atom is -0.481 e. The Morgan fingerprint density at radius 2 is 2.12 bits per heavy atom. The predicted octanol–water partition coefficient (Wildman–Crippen LogP) is 2.75. The zero-order chi connectivity index (χ0) is 12.0. The van der Waals surface area contributed by atoms with Gasteiger partial charge in [-0.1, -0.05) is 26.2 Å². The third-order valence-corrected chi connectivity index (χ3v) is 3.66. The van der Waals surface area contributed by atoms with Crippen LogP contribution < -0.4 is 0 Å². The van der Waals surface area contributed by atoms with Crippen LogP contribution in [0.5, 0.6) is 0 Å². The summed E-state index contributed by atoms with van der Waals surface area (Å²) in [5.41, 5.74) is 0. The van der Waals surface area contributed by atoms with Gasteiger partial charge in [-0.25, -0.2) is 0 Å². The second-order valence-corrected chi connectivity index (χ2v) is 5.01. The van der Waals surface area contributed by atoms with E-state index in [1.54, 1.807) is 0 Å². The monoisotopic (exact) mass is 227 g/mol. The van der Waals surface area contributed by atoms with Crippen molar-refractivity contribution in [3.05, 3.63) is 0 Å². The topological polar surface area (TPSA) is 40.5 Å². The maximum absolute atomic E-state index is 10.9. The van der Waals surface area contributed by atoms with Gasteiger partial charge in [0, 0.05) is 6.04 Å². The number of piperidine rings is 1. The molecule has 1 fully saturated rings. The molecule has 0 aromatic heterocycles. The molecule has 0 radical (unpaired) electrons. The van der Waals surface area contributed by atoms with Crippen molar-refractivity contribution in [1.82, 2.24) is 4.90 Å². The van der Waals surface area contributed by atoms with Crippen LogP contribution in [0.4, 0.5) is 0 Å². The predicted molar refractivity (Wildman–Crippen MR) is 65.5 cm³/mol. The molecule has 0 saturated carbocycles. The summed E-state index contributed by atoms with van der Waals surface area (Å²) in [7, 11) is 0. The molecule has 16 heavy (non-hydrogen) atoms. The number of carboxylic acid groups (broad SMARTS) is 1. The first-order valence-corrected chi connectivity index (χ1v) is 6.62. The van der Waals surface area contributed by atoms with Gasteiger partial charge in [-0.15, -0.1) is 0 Å². The van der Waals surface area contributed by atoms with Crippen molar-refractivity contribution in [1.29, 1.82) is 0 Å². The molecule has 0 bridgehead atoms. The van der Waals surface area contributed by atoms with Crippen LogP contribution in [-0.2, 0) is 4.79 Å². The van der Waals surface area contributed by atoms with Crippen LogP contribution in [0.1, 0.15) is 52.4 Å². The molecule has 3 nitrogen and oxygen atoms in total. The molecule has 1 heterocycles. The molecule has 1 N–H and O–H groups in total. The van der Waals surface area contributed by atoms with Crippen LogP contribution in [0.2, 0.25) is 0 Å². The van der Waals surface area contributed by atoms with Crippen molar-refractivity contribution in [3.63, 3.8) is 0 Å². The summed E-state index contributed by atoms with van der Waals surface area (Å²) in [4.78, 5) is 13.3. The van der Waals surface area contributed by atoms with Crippen molar-refractivity contribution in [2.24, 2.45) is 5.92 Å². The Labute approximate surface area is 98.8 Å². The summed E-state index contributed by atoms with van der Waals surface area (Å²) in [5, 5.41) is 8.97. The van der Waals surface area contributed by atoms with Gasteiger partial charge < -0.3 is 10.0 Å². The number of rotatable bonds is 6. The molecule has 0 aliphatic carbocycles. The van der Waals surface area contributed by atoms with Gasteiger partial charge in [0.25, 0.3) is 0 Å². The Kier molecular flexibility index (Phi) is 5.81. The quantitative estimate of drug-likeness (QED) is 0.709. The van der Waals surface area contributed by atoms with Crippen LogP contribution >= 0.6 is 0 Å². The van der Waals surface area contributed by atoms with E-state index < -0.39 is 5.97 Å². The number of aliphatic carboxylic acids is 1. The summed E-state index contributed by atoms with van der Waals surface area (Å²) in [6.07, 6.45) is 6.81. The lowest BCUT2D eigenvalue weighted by atomic mass is 9.91. The first-order valence-electron chi connectivity index (χ1n) is 6.62. The number of hydrogen-bond donors (Lipinski definition) is 1.